The summed E-state index contributed by atoms with van der Waals surface area (Å²) in [6, 6.07) is 11.9. The molecule has 1 fully saturated rings. The van der Waals surface area contributed by atoms with Gasteiger partial charge in [-0.1, -0.05) is 18.2 Å². The Morgan fingerprint density at radius 2 is 2.10 bits per heavy atom. The van der Waals surface area contributed by atoms with Crippen LogP contribution in [0, 0.1) is 5.82 Å². The number of thiophene rings is 1. The number of nitrogens with one attached hydrogen (secondary N) is 2. The molecule has 0 radical (unpaired) electrons. The molecule has 5 rings (SSSR count). The standard InChI is InChI=1S/C22H19FN6OS/c23-17-13-27-21(25-8-10-29-11-9-26-22(29)30)28-19(17)18-12-15-2-1-3-16(20(15)31-18)14-4-6-24-7-5-14/h1-7,12-13H,8-11H2,(H,26,30)(H,25,27,28). The molecular weight excluding hydrogens is 415 g/mol. The van der Waals surface area contributed by atoms with Crippen molar-refractivity contribution in [3.05, 3.63) is 60.8 Å². The van der Waals surface area contributed by atoms with Gasteiger partial charge in [0.1, 0.15) is 5.69 Å². The Labute approximate surface area is 182 Å². The van der Waals surface area contributed by atoms with Gasteiger partial charge in [0.2, 0.25) is 5.95 Å². The van der Waals surface area contributed by atoms with E-state index in [2.05, 4.69) is 31.7 Å². The maximum Gasteiger partial charge on any atom is 0.317 e. The summed E-state index contributed by atoms with van der Waals surface area (Å²) in [7, 11) is 0. The minimum Gasteiger partial charge on any atom is -0.352 e. The Bertz CT molecular complexity index is 1250. The van der Waals surface area contributed by atoms with E-state index in [1.807, 2.05) is 30.3 Å². The van der Waals surface area contributed by atoms with Crippen molar-refractivity contribution in [2.45, 2.75) is 0 Å². The molecule has 0 unspecified atom stereocenters. The van der Waals surface area contributed by atoms with Gasteiger partial charge >= 0.3 is 6.03 Å². The van der Waals surface area contributed by atoms with Crippen molar-refractivity contribution in [3.63, 3.8) is 0 Å². The summed E-state index contributed by atoms with van der Waals surface area (Å²) in [6.07, 6.45) is 4.70. The van der Waals surface area contributed by atoms with Crippen molar-refractivity contribution in [1.29, 1.82) is 0 Å². The Balaban J connectivity index is 1.42. The fourth-order valence-corrected chi connectivity index (χ4v) is 4.78. The molecule has 0 bridgehead atoms. The normalized spacial score (nSPS) is 13.6. The van der Waals surface area contributed by atoms with Crippen molar-refractivity contribution in [3.8, 4) is 21.7 Å². The van der Waals surface area contributed by atoms with Crippen LogP contribution in [0.3, 0.4) is 0 Å². The second-order valence-electron chi connectivity index (χ2n) is 7.11. The highest BCUT2D eigenvalue weighted by molar-refractivity contribution is 7.22. The predicted octanol–water partition coefficient (Wildman–Crippen LogP) is 4.00. The molecule has 3 aromatic heterocycles. The molecule has 4 heterocycles. The minimum absolute atomic E-state index is 0.0715. The number of benzene rings is 1. The molecule has 2 amide bonds. The van der Waals surface area contributed by atoms with Gasteiger partial charge in [0.15, 0.2) is 5.82 Å². The highest BCUT2D eigenvalue weighted by Crippen LogP contribution is 2.39. The van der Waals surface area contributed by atoms with Gasteiger partial charge in [0.25, 0.3) is 0 Å². The molecule has 0 aliphatic carbocycles. The number of rotatable bonds is 6. The molecule has 2 N–H and O–H groups in total. The molecule has 1 aliphatic rings. The van der Waals surface area contributed by atoms with Gasteiger partial charge in [-0.25, -0.2) is 19.2 Å². The molecule has 1 aliphatic heterocycles. The average Bonchev–Trinajstić information content (AvgIpc) is 3.41. The van der Waals surface area contributed by atoms with Crippen molar-refractivity contribution >= 4 is 33.4 Å². The maximum absolute atomic E-state index is 14.6. The van der Waals surface area contributed by atoms with Crippen LogP contribution in [0.15, 0.2) is 55.0 Å². The summed E-state index contributed by atoms with van der Waals surface area (Å²) in [5.41, 5.74) is 2.40. The molecule has 9 heteroatoms. The lowest BCUT2D eigenvalue weighted by Gasteiger charge is -2.14. The molecule has 1 saturated heterocycles. The second kappa shape index (κ2) is 8.27. The molecule has 0 atom stereocenters. The van der Waals surface area contributed by atoms with Gasteiger partial charge in [-0.15, -0.1) is 11.3 Å². The third kappa shape index (κ3) is 3.91. The molecule has 0 spiro atoms. The summed E-state index contributed by atoms with van der Waals surface area (Å²) in [5, 5.41) is 6.88. The molecule has 1 aromatic carbocycles. The first-order valence-corrected chi connectivity index (χ1v) is 10.7. The molecule has 156 valence electrons. The van der Waals surface area contributed by atoms with Crippen LogP contribution in [-0.2, 0) is 0 Å². The summed E-state index contributed by atoms with van der Waals surface area (Å²) >= 11 is 1.50. The van der Waals surface area contributed by atoms with Gasteiger partial charge in [-0.05, 0) is 34.7 Å². The van der Waals surface area contributed by atoms with Crippen LogP contribution in [0.25, 0.3) is 31.8 Å². The van der Waals surface area contributed by atoms with E-state index in [-0.39, 0.29) is 11.7 Å². The summed E-state index contributed by atoms with van der Waals surface area (Å²) < 4.78 is 15.7. The second-order valence-corrected chi connectivity index (χ2v) is 8.16. The van der Waals surface area contributed by atoms with E-state index in [9.17, 15) is 9.18 Å². The number of aromatic nitrogens is 3. The first-order valence-electron chi connectivity index (χ1n) is 9.91. The fourth-order valence-electron chi connectivity index (χ4n) is 3.59. The number of urea groups is 1. The molecule has 4 aromatic rings. The van der Waals surface area contributed by atoms with Crippen LogP contribution in [0.2, 0.25) is 0 Å². The fraction of sp³-hybridized carbons (Fsp3) is 0.182. The number of carbonyl (C=O) groups excluding carboxylic acids is 1. The summed E-state index contributed by atoms with van der Waals surface area (Å²) in [4.78, 5) is 26.6. The Morgan fingerprint density at radius 3 is 2.90 bits per heavy atom. The van der Waals surface area contributed by atoms with Gasteiger partial charge < -0.3 is 15.5 Å². The number of hydrogen-bond acceptors (Lipinski definition) is 6. The third-order valence-electron chi connectivity index (χ3n) is 5.12. The van der Waals surface area contributed by atoms with Crippen LogP contribution in [0.4, 0.5) is 15.1 Å². The average molecular weight is 435 g/mol. The van der Waals surface area contributed by atoms with Gasteiger partial charge in [0, 0.05) is 43.3 Å². The SMILES string of the molecule is O=C1NCCN1CCNc1ncc(F)c(-c2cc3cccc(-c4ccncc4)c3s2)n1. The molecular formula is C22H19FN6OS. The Morgan fingerprint density at radius 1 is 1.23 bits per heavy atom. The highest BCUT2D eigenvalue weighted by Gasteiger charge is 2.19. The van der Waals surface area contributed by atoms with E-state index < -0.39 is 5.82 Å². The Kier molecular flexibility index (Phi) is 5.17. The largest absolute Gasteiger partial charge is 0.352 e. The van der Waals surface area contributed by atoms with Crippen molar-refractivity contribution in [2.75, 3.05) is 31.5 Å². The van der Waals surface area contributed by atoms with E-state index in [1.165, 1.54) is 17.5 Å². The highest BCUT2D eigenvalue weighted by atomic mass is 32.1. The Hall–Kier alpha value is -3.59. The number of halogens is 1. The predicted molar refractivity (Wildman–Crippen MR) is 120 cm³/mol. The van der Waals surface area contributed by atoms with Crippen molar-refractivity contribution in [2.24, 2.45) is 0 Å². The number of nitrogens with zero attached hydrogens (tertiary/aromatic N) is 4. The van der Waals surface area contributed by atoms with Gasteiger partial charge in [0.05, 0.1) is 11.1 Å². The first kappa shape index (κ1) is 19.4. The van der Waals surface area contributed by atoms with E-state index in [0.29, 0.717) is 32.1 Å². The lowest BCUT2D eigenvalue weighted by Crippen LogP contribution is -2.32. The van der Waals surface area contributed by atoms with Crippen LogP contribution < -0.4 is 10.6 Å². The zero-order valence-electron chi connectivity index (χ0n) is 16.5. The van der Waals surface area contributed by atoms with Crippen LogP contribution in [0.1, 0.15) is 0 Å². The zero-order valence-corrected chi connectivity index (χ0v) is 17.3. The van der Waals surface area contributed by atoms with E-state index >= 15 is 0 Å². The van der Waals surface area contributed by atoms with Crippen molar-refractivity contribution in [1.82, 2.24) is 25.2 Å². The van der Waals surface area contributed by atoms with E-state index in [0.717, 1.165) is 26.1 Å². The number of carbonyl (C=O) groups is 1. The number of amides is 2. The molecule has 0 saturated carbocycles. The minimum atomic E-state index is -0.471. The van der Waals surface area contributed by atoms with Crippen LogP contribution in [-0.4, -0.2) is 52.1 Å². The van der Waals surface area contributed by atoms with Crippen molar-refractivity contribution < 1.29 is 9.18 Å². The lowest BCUT2D eigenvalue weighted by molar-refractivity contribution is 0.219. The molecule has 7 nitrogen and oxygen atoms in total. The monoisotopic (exact) mass is 434 g/mol. The van der Waals surface area contributed by atoms with E-state index in [1.54, 1.807) is 17.3 Å². The summed E-state index contributed by atoms with van der Waals surface area (Å²) in [5.74, 6) is -0.135. The third-order valence-corrected chi connectivity index (χ3v) is 6.31. The lowest BCUT2D eigenvalue weighted by atomic mass is 10.1. The smallest absolute Gasteiger partial charge is 0.317 e. The zero-order chi connectivity index (χ0) is 21.2. The summed E-state index contributed by atoms with van der Waals surface area (Å²) in [6.45, 7) is 2.35. The van der Waals surface area contributed by atoms with Crippen LogP contribution >= 0.6 is 11.3 Å². The number of anilines is 1. The van der Waals surface area contributed by atoms with Crippen LogP contribution in [0.5, 0.6) is 0 Å². The first-order chi connectivity index (χ1) is 15.2. The van der Waals surface area contributed by atoms with Gasteiger partial charge in [-0.2, -0.15) is 0 Å². The van der Waals surface area contributed by atoms with E-state index in [4.69, 9.17) is 0 Å². The number of hydrogen-bond donors (Lipinski definition) is 2. The van der Waals surface area contributed by atoms with Gasteiger partial charge in [-0.3, -0.25) is 4.98 Å². The molecule has 31 heavy (non-hydrogen) atoms. The quantitative estimate of drug-likeness (QED) is 0.479. The maximum atomic E-state index is 14.6. The number of fused-ring (bicyclic) bond motifs is 1. The number of pyridine rings is 1. The topological polar surface area (TPSA) is 83.0 Å².